The van der Waals surface area contributed by atoms with Crippen LogP contribution in [0, 0.1) is 17.1 Å². The number of guanidine groups is 1. The number of hydrogen-bond donors (Lipinski definition) is 1. The molecular formula is C17H14F2N4OS. The standard InChI is InChI=1S/C17H14F2N4OS/c1-23-15(24)6-17(9-18,22-16(23)21)14-5-12(8-25-14)10-2-3-13(19)11(4-10)7-20/h2-5,8H,6,9H2,1H3,(H2,21,22)/t17-/m1/s1. The van der Waals surface area contributed by atoms with Crippen molar-refractivity contribution in [2.45, 2.75) is 12.0 Å². The Hall–Kier alpha value is -2.79. The Balaban J connectivity index is 2.03. The number of nitriles is 1. The molecule has 2 N–H and O–H groups in total. The van der Waals surface area contributed by atoms with Crippen LogP contribution in [0.5, 0.6) is 0 Å². The summed E-state index contributed by atoms with van der Waals surface area (Å²) in [5.41, 5.74) is 5.67. The zero-order chi connectivity index (χ0) is 18.2. The summed E-state index contributed by atoms with van der Waals surface area (Å²) >= 11 is 1.25. The molecule has 2 heterocycles. The number of nitrogens with two attached hydrogens (primary N) is 1. The molecule has 0 saturated carbocycles. The van der Waals surface area contributed by atoms with Crippen LogP contribution in [0.4, 0.5) is 8.78 Å². The molecule has 0 spiro atoms. The van der Waals surface area contributed by atoms with Crippen LogP contribution in [-0.2, 0) is 10.3 Å². The first-order valence-electron chi connectivity index (χ1n) is 7.37. The summed E-state index contributed by atoms with van der Waals surface area (Å²) in [6.07, 6.45) is -0.118. The van der Waals surface area contributed by atoms with Gasteiger partial charge in [0.1, 0.15) is 24.1 Å². The van der Waals surface area contributed by atoms with E-state index in [9.17, 15) is 13.6 Å². The lowest BCUT2D eigenvalue weighted by Gasteiger charge is -2.33. The molecule has 0 aliphatic carbocycles. The molecule has 8 heteroatoms. The Kier molecular flexibility index (Phi) is 4.27. The van der Waals surface area contributed by atoms with E-state index in [0.717, 1.165) is 0 Å². The third-order valence-electron chi connectivity index (χ3n) is 4.19. The number of aliphatic imine (C=N–C) groups is 1. The molecule has 1 atom stereocenters. The van der Waals surface area contributed by atoms with Crippen molar-refractivity contribution < 1.29 is 13.6 Å². The average molecular weight is 360 g/mol. The second-order valence-corrected chi connectivity index (χ2v) is 6.68. The number of halogens is 2. The van der Waals surface area contributed by atoms with Gasteiger partial charge >= 0.3 is 0 Å². The first kappa shape index (κ1) is 17.0. The van der Waals surface area contributed by atoms with Crippen LogP contribution in [0.25, 0.3) is 11.1 Å². The maximum absolute atomic E-state index is 13.9. The minimum Gasteiger partial charge on any atom is -0.369 e. The lowest BCUT2D eigenvalue weighted by Crippen LogP contribution is -2.49. The van der Waals surface area contributed by atoms with Gasteiger partial charge in [-0.1, -0.05) is 6.07 Å². The number of thiophene rings is 1. The van der Waals surface area contributed by atoms with E-state index in [0.29, 0.717) is 16.0 Å². The first-order valence-corrected chi connectivity index (χ1v) is 8.25. The zero-order valence-corrected chi connectivity index (χ0v) is 14.1. The molecule has 0 radical (unpaired) electrons. The van der Waals surface area contributed by atoms with Gasteiger partial charge in [-0.05, 0) is 34.7 Å². The van der Waals surface area contributed by atoms with Crippen molar-refractivity contribution in [1.29, 1.82) is 5.26 Å². The van der Waals surface area contributed by atoms with Gasteiger partial charge in [-0.15, -0.1) is 11.3 Å². The predicted molar refractivity (Wildman–Crippen MR) is 91.1 cm³/mol. The Morgan fingerprint density at radius 3 is 2.84 bits per heavy atom. The lowest BCUT2D eigenvalue weighted by atomic mass is 9.92. The normalized spacial score (nSPS) is 20.3. The van der Waals surface area contributed by atoms with Crippen molar-refractivity contribution in [3.8, 4) is 17.2 Å². The number of hydrogen-bond acceptors (Lipinski definition) is 5. The fraction of sp³-hybridized carbons (Fsp3) is 0.235. The van der Waals surface area contributed by atoms with Crippen molar-refractivity contribution >= 4 is 23.2 Å². The number of amides is 1. The van der Waals surface area contributed by atoms with E-state index >= 15 is 0 Å². The summed E-state index contributed by atoms with van der Waals surface area (Å²) in [6.45, 7) is -0.861. The Bertz CT molecular complexity index is 918. The number of nitrogens with zero attached hydrogens (tertiary/aromatic N) is 3. The molecular weight excluding hydrogens is 346 g/mol. The molecule has 1 aliphatic heterocycles. The van der Waals surface area contributed by atoms with Gasteiger partial charge in [0.05, 0.1) is 12.0 Å². The molecule has 2 aromatic rings. The molecule has 1 aliphatic rings. The van der Waals surface area contributed by atoms with Crippen LogP contribution in [0.15, 0.2) is 34.6 Å². The third-order valence-corrected chi connectivity index (χ3v) is 5.31. The van der Waals surface area contributed by atoms with E-state index in [4.69, 9.17) is 11.0 Å². The van der Waals surface area contributed by atoms with E-state index in [1.165, 1.54) is 35.4 Å². The van der Waals surface area contributed by atoms with Crippen LogP contribution < -0.4 is 5.73 Å². The third kappa shape index (κ3) is 2.87. The second-order valence-electron chi connectivity index (χ2n) is 5.77. The summed E-state index contributed by atoms with van der Waals surface area (Å²) < 4.78 is 27.3. The highest BCUT2D eigenvalue weighted by atomic mass is 32.1. The van der Waals surface area contributed by atoms with E-state index in [-0.39, 0.29) is 23.9 Å². The molecule has 0 saturated heterocycles. The summed E-state index contributed by atoms with van der Waals surface area (Å²) in [5.74, 6) is -0.939. The van der Waals surface area contributed by atoms with E-state index in [2.05, 4.69) is 4.99 Å². The molecule has 1 aromatic heterocycles. The second kappa shape index (κ2) is 6.26. The quantitative estimate of drug-likeness (QED) is 0.914. The highest BCUT2D eigenvalue weighted by molar-refractivity contribution is 7.10. The summed E-state index contributed by atoms with van der Waals surface area (Å²) in [4.78, 5) is 18.0. The highest BCUT2D eigenvalue weighted by Gasteiger charge is 2.41. The molecule has 1 aromatic carbocycles. The lowest BCUT2D eigenvalue weighted by molar-refractivity contribution is -0.128. The van der Waals surface area contributed by atoms with Gasteiger partial charge in [-0.25, -0.2) is 13.8 Å². The number of benzene rings is 1. The van der Waals surface area contributed by atoms with Gasteiger partial charge < -0.3 is 5.73 Å². The number of carbonyl (C=O) groups excluding carboxylic acids is 1. The van der Waals surface area contributed by atoms with Crippen molar-refractivity contribution in [1.82, 2.24) is 4.90 Å². The fourth-order valence-electron chi connectivity index (χ4n) is 2.64. The topological polar surface area (TPSA) is 82.5 Å². The first-order chi connectivity index (χ1) is 11.9. The Morgan fingerprint density at radius 1 is 1.44 bits per heavy atom. The van der Waals surface area contributed by atoms with Gasteiger partial charge in [-0.2, -0.15) is 5.26 Å². The smallest absolute Gasteiger partial charge is 0.231 e. The Labute approximate surface area is 147 Å². The van der Waals surface area contributed by atoms with Crippen molar-refractivity contribution in [2.75, 3.05) is 13.7 Å². The average Bonchev–Trinajstić information content (AvgIpc) is 3.10. The van der Waals surface area contributed by atoms with Gasteiger partial charge in [-0.3, -0.25) is 9.69 Å². The maximum atomic E-state index is 13.9. The molecule has 0 fully saturated rings. The largest absolute Gasteiger partial charge is 0.369 e. The summed E-state index contributed by atoms with van der Waals surface area (Å²) in [7, 11) is 1.49. The molecule has 5 nitrogen and oxygen atoms in total. The summed E-state index contributed by atoms with van der Waals surface area (Å²) in [6, 6.07) is 7.68. The minimum atomic E-state index is -1.34. The number of rotatable bonds is 3. The van der Waals surface area contributed by atoms with Gasteiger partial charge in [0.25, 0.3) is 0 Å². The molecule has 1 amide bonds. The van der Waals surface area contributed by atoms with E-state index in [1.54, 1.807) is 23.6 Å². The van der Waals surface area contributed by atoms with Gasteiger partial charge in [0, 0.05) is 11.9 Å². The minimum absolute atomic E-state index is 0.0302. The Morgan fingerprint density at radius 2 is 2.20 bits per heavy atom. The predicted octanol–water partition coefficient (Wildman–Crippen LogP) is 2.77. The fourth-order valence-corrected chi connectivity index (χ4v) is 3.68. The monoisotopic (exact) mass is 360 g/mol. The molecule has 25 heavy (non-hydrogen) atoms. The summed E-state index contributed by atoms with van der Waals surface area (Å²) in [5, 5.41) is 10.7. The SMILES string of the molecule is CN1C(=O)C[C@@](CF)(c2cc(-c3ccc(F)c(C#N)c3)cs2)N=C1N. The van der Waals surface area contributed by atoms with E-state index in [1.807, 2.05) is 0 Å². The number of carbonyl (C=O) groups is 1. The van der Waals surface area contributed by atoms with Crippen LogP contribution in [0.1, 0.15) is 16.9 Å². The molecule has 0 bridgehead atoms. The molecule has 3 rings (SSSR count). The van der Waals surface area contributed by atoms with Crippen LogP contribution >= 0.6 is 11.3 Å². The van der Waals surface area contributed by atoms with Crippen molar-refractivity contribution in [3.63, 3.8) is 0 Å². The molecule has 128 valence electrons. The molecule has 0 unspecified atom stereocenters. The van der Waals surface area contributed by atoms with Gasteiger partial charge in [0.2, 0.25) is 5.91 Å². The van der Waals surface area contributed by atoms with Gasteiger partial charge in [0.15, 0.2) is 5.96 Å². The maximum Gasteiger partial charge on any atom is 0.231 e. The van der Waals surface area contributed by atoms with Crippen LogP contribution in [0.3, 0.4) is 0 Å². The van der Waals surface area contributed by atoms with E-state index < -0.39 is 18.0 Å². The zero-order valence-electron chi connectivity index (χ0n) is 13.3. The van der Waals surface area contributed by atoms with Crippen LogP contribution in [0.2, 0.25) is 0 Å². The van der Waals surface area contributed by atoms with Crippen LogP contribution in [-0.4, -0.2) is 30.5 Å². The number of alkyl halides is 1. The highest BCUT2D eigenvalue weighted by Crippen LogP contribution is 2.40. The van der Waals surface area contributed by atoms with Crippen molar-refractivity contribution in [2.24, 2.45) is 10.7 Å². The van der Waals surface area contributed by atoms with Crippen molar-refractivity contribution in [3.05, 3.63) is 45.9 Å².